The fourth-order valence-corrected chi connectivity index (χ4v) is 6.86. The molecule has 0 unspecified atom stereocenters. The van der Waals surface area contributed by atoms with E-state index in [9.17, 15) is 22.4 Å². The number of benzene rings is 3. The smallest absolute Gasteiger partial charge is 0.264 e. The topological polar surface area (TPSA) is 105 Å². The second-order valence-corrected chi connectivity index (χ2v) is 12.7. The number of hydrogen-bond donors (Lipinski definition) is 1. The van der Waals surface area contributed by atoms with Crippen molar-refractivity contribution in [3.8, 4) is 11.5 Å². The predicted molar refractivity (Wildman–Crippen MR) is 167 cm³/mol. The summed E-state index contributed by atoms with van der Waals surface area (Å²) < 4.78 is 53.3. The minimum absolute atomic E-state index is 0.0326. The molecule has 0 heterocycles. The molecule has 0 saturated heterocycles. The van der Waals surface area contributed by atoms with Gasteiger partial charge < -0.3 is 19.7 Å². The van der Waals surface area contributed by atoms with Crippen LogP contribution in [0.4, 0.5) is 10.1 Å². The molecule has 1 saturated carbocycles. The van der Waals surface area contributed by atoms with Crippen molar-refractivity contribution < 1.29 is 31.9 Å². The fourth-order valence-electron chi connectivity index (χ4n) is 5.44. The number of anilines is 1. The summed E-state index contributed by atoms with van der Waals surface area (Å²) in [7, 11) is -1.28. The van der Waals surface area contributed by atoms with Crippen molar-refractivity contribution in [3.05, 3.63) is 84.2 Å². The molecule has 236 valence electrons. The molecule has 1 aliphatic carbocycles. The molecule has 1 fully saturated rings. The van der Waals surface area contributed by atoms with Gasteiger partial charge in [-0.05, 0) is 85.5 Å². The maximum absolute atomic E-state index is 14.2. The summed E-state index contributed by atoms with van der Waals surface area (Å²) in [5, 5.41) is 3.13. The molecule has 2 amide bonds. The van der Waals surface area contributed by atoms with Crippen LogP contribution >= 0.6 is 0 Å². The molecule has 9 nitrogen and oxygen atoms in total. The van der Waals surface area contributed by atoms with Gasteiger partial charge in [0.25, 0.3) is 10.0 Å². The summed E-state index contributed by atoms with van der Waals surface area (Å²) in [4.78, 5) is 29.3. The highest BCUT2D eigenvalue weighted by molar-refractivity contribution is 7.92. The van der Waals surface area contributed by atoms with Gasteiger partial charge in [-0.1, -0.05) is 38.3 Å². The zero-order valence-electron chi connectivity index (χ0n) is 25.4. The Morgan fingerprint density at radius 3 is 2.20 bits per heavy atom. The minimum atomic E-state index is -4.29. The first-order valence-corrected chi connectivity index (χ1v) is 16.3. The monoisotopic (exact) mass is 625 g/mol. The average Bonchev–Trinajstić information content (AvgIpc) is 3.04. The van der Waals surface area contributed by atoms with E-state index in [-0.39, 0.29) is 29.1 Å². The molecule has 4 rings (SSSR count). The van der Waals surface area contributed by atoms with Gasteiger partial charge in [0.05, 0.1) is 24.8 Å². The van der Waals surface area contributed by atoms with Gasteiger partial charge in [0.2, 0.25) is 11.8 Å². The van der Waals surface area contributed by atoms with Crippen molar-refractivity contribution in [2.45, 2.75) is 69.0 Å². The van der Waals surface area contributed by atoms with Crippen LogP contribution in [0.5, 0.6) is 11.5 Å². The molecule has 44 heavy (non-hydrogen) atoms. The lowest BCUT2D eigenvalue weighted by Crippen LogP contribution is -2.54. The summed E-state index contributed by atoms with van der Waals surface area (Å²) in [6.07, 6.45) is 5.27. The van der Waals surface area contributed by atoms with Crippen molar-refractivity contribution in [1.29, 1.82) is 0 Å². The van der Waals surface area contributed by atoms with Crippen LogP contribution in [0.15, 0.2) is 77.7 Å². The zero-order chi connectivity index (χ0) is 31.7. The van der Waals surface area contributed by atoms with Crippen LogP contribution in [0.1, 0.15) is 51.0 Å². The van der Waals surface area contributed by atoms with Gasteiger partial charge >= 0.3 is 0 Å². The number of ether oxygens (including phenoxy) is 2. The Labute approximate surface area is 259 Å². The molecule has 3 aromatic rings. The van der Waals surface area contributed by atoms with E-state index >= 15 is 0 Å². The van der Waals surface area contributed by atoms with Gasteiger partial charge in [-0.3, -0.25) is 13.9 Å². The number of carbonyl (C=O) groups is 2. The third-order valence-corrected chi connectivity index (χ3v) is 9.65. The molecule has 0 spiro atoms. The van der Waals surface area contributed by atoms with Gasteiger partial charge in [-0.15, -0.1) is 0 Å². The van der Waals surface area contributed by atoms with Crippen molar-refractivity contribution >= 4 is 27.5 Å². The maximum Gasteiger partial charge on any atom is 0.264 e. The standard InChI is InChI=1S/C33H40FN3O6S/c1-4-31(33(39)35-26-10-6-5-7-11-26)36(22-24-9-8-12-29(21-24)43-3)32(38)23-37(27-15-13-25(34)14-16-27)44(40,41)30-19-17-28(42-2)18-20-30/h8-9,12-21,26,31H,4-7,10-11,22-23H2,1-3H3,(H,35,39)/t31-/m1/s1. The summed E-state index contributed by atoms with van der Waals surface area (Å²) in [5.41, 5.74) is 0.824. The molecule has 11 heteroatoms. The van der Waals surface area contributed by atoms with Crippen LogP contribution in [0.3, 0.4) is 0 Å². The lowest BCUT2D eigenvalue weighted by atomic mass is 9.95. The van der Waals surface area contributed by atoms with Crippen molar-refractivity contribution in [1.82, 2.24) is 10.2 Å². The van der Waals surface area contributed by atoms with Crippen molar-refractivity contribution in [2.75, 3.05) is 25.1 Å². The van der Waals surface area contributed by atoms with E-state index in [0.717, 1.165) is 48.5 Å². The number of nitrogens with one attached hydrogen (secondary N) is 1. The van der Waals surface area contributed by atoms with Crippen LogP contribution in [0.2, 0.25) is 0 Å². The van der Waals surface area contributed by atoms with E-state index < -0.39 is 34.3 Å². The quantitative estimate of drug-likeness (QED) is 0.277. The highest BCUT2D eigenvalue weighted by Gasteiger charge is 2.34. The summed E-state index contributed by atoms with van der Waals surface area (Å²) in [5.74, 6) is -0.356. The molecular weight excluding hydrogens is 585 g/mol. The second-order valence-electron chi connectivity index (χ2n) is 10.8. The summed E-state index contributed by atoms with van der Waals surface area (Å²) in [6, 6.07) is 17.0. The van der Waals surface area contributed by atoms with Crippen LogP contribution in [0.25, 0.3) is 0 Å². The van der Waals surface area contributed by atoms with Crippen LogP contribution in [0, 0.1) is 5.82 Å². The maximum atomic E-state index is 14.2. The van der Waals surface area contributed by atoms with Gasteiger partial charge in [0, 0.05) is 12.6 Å². The Hall–Kier alpha value is -4.12. The molecule has 3 aromatic carbocycles. The largest absolute Gasteiger partial charge is 0.497 e. The minimum Gasteiger partial charge on any atom is -0.497 e. The third-order valence-electron chi connectivity index (χ3n) is 7.87. The van der Waals surface area contributed by atoms with Crippen molar-refractivity contribution in [3.63, 3.8) is 0 Å². The van der Waals surface area contributed by atoms with E-state index in [4.69, 9.17) is 9.47 Å². The SMILES string of the molecule is CC[C@H](C(=O)NC1CCCCC1)N(Cc1cccc(OC)c1)C(=O)CN(c1ccc(F)cc1)S(=O)(=O)c1ccc(OC)cc1. The Morgan fingerprint density at radius 2 is 1.59 bits per heavy atom. The van der Waals surface area contributed by atoms with Crippen LogP contribution in [-0.4, -0.2) is 58.0 Å². The van der Waals surface area contributed by atoms with Gasteiger partial charge in [0.15, 0.2) is 0 Å². The summed E-state index contributed by atoms with van der Waals surface area (Å²) in [6.45, 7) is 1.26. The average molecular weight is 626 g/mol. The predicted octanol–water partition coefficient (Wildman–Crippen LogP) is 5.29. The molecule has 0 radical (unpaired) electrons. The zero-order valence-corrected chi connectivity index (χ0v) is 26.2. The number of sulfonamides is 1. The van der Waals surface area contributed by atoms with Crippen LogP contribution < -0.4 is 19.1 Å². The lowest BCUT2D eigenvalue weighted by molar-refractivity contribution is -0.140. The first kappa shape index (κ1) is 32.8. The number of hydrogen-bond acceptors (Lipinski definition) is 6. The number of carbonyl (C=O) groups excluding carboxylic acids is 2. The normalized spacial score (nSPS) is 14.4. The third kappa shape index (κ3) is 8.07. The number of rotatable bonds is 13. The molecule has 1 N–H and O–H groups in total. The van der Waals surface area contributed by atoms with E-state index in [0.29, 0.717) is 23.5 Å². The van der Waals surface area contributed by atoms with E-state index in [2.05, 4.69) is 5.32 Å². The van der Waals surface area contributed by atoms with E-state index in [1.54, 1.807) is 25.3 Å². The lowest BCUT2D eigenvalue weighted by Gasteiger charge is -2.34. The van der Waals surface area contributed by atoms with E-state index in [1.807, 2.05) is 13.0 Å². The van der Waals surface area contributed by atoms with Gasteiger partial charge in [0.1, 0.15) is 29.9 Å². The Morgan fingerprint density at radius 1 is 0.932 bits per heavy atom. The molecule has 0 aromatic heterocycles. The second kappa shape index (κ2) is 15.1. The Kier molecular flexibility index (Phi) is 11.2. The van der Waals surface area contributed by atoms with Crippen LogP contribution in [-0.2, 0) is 26.2 Å². The number of halogens is 1. The Balaban J connectivity index is 1.71. The van der Waals surface area contributed by atoms with E-state index in [1.165, 1.54) is 48.4 Å². The van der Waals surface area contributed by atoms with Gasteiger partial charge in [-0.2, -0.15) is 0 Å². The first-order valence-electron chi connectivity index (χ1n) is 14.8. The fraction of sp³-hybridized carbons (Fsp3) is 0.394. The first-order chi connectivity index (χ1) is 21.2. The highest BCUT2D eigenvalue weighted by atomic mass is 32.2. The number of nitrogens with zero attached hydrogens (tertiary/aromatic N) is 2. The molecule has 1 aliphatic rings. The Bertz CT molecular complexity index is 1510. The molecule has 0 bridgehead atoms. The van der Waals surface area contributed by atoms with Crippen molar-refractivity contribution in [2.24, 2.45) is 0 Å². The number of amides is 2. The highest BCUT2D eigenvalue weighted by Crippen LogP contribution is 2.27. The summed E-state index contributed by atoms with van der Waals surface area (Å²) >= 11 is 0. The molecule has 1 atom stereocenters. The number of methoxy groups -OCH3 is 2. The van der Waals surface area contributed by atoms with Gasteiger partial charge in [-0.25, -0.2) is 12.8 Å². The molecular formula is C33H40FN3O6S. The molecule has 0 aliphatic heterocycles.